The molecule has 0 bridgehead atoms. The van der Waals surface area contributed by atoms with E-state index in [1.807, 2.05) is 37.4 Å². The Hall–Kier alpha value is -1.42. The first-order chi connectivity index (χ1) is 9.65. The summed E-state index contributed by atoms with van der Waals surface area (Å²) >= 11 is 3.59. The summed E-state index contributed by atoms with van der Waals surface area (Å²) in [5.74, 6) is 0.628. The van der Waals surface area contributed by atoms with Crippen molar-refractivity contribution >= 4 is 32.6 Å². The monoisotopic (exact) mass is 332 g/mol. The Morgan fingerprint density at radius 1 is 1.35 bits per heavy atom. The van der Waals surface area contributed by atoms with Gasteiger partial charge in [-0.3, -0.25) is 9.78 Å². The number of benzene rings is 1. The summed E-state index contributed by atoms with van der Waals surface area (Å²) in [6, 6.07) is 9.83. The Balaban J connectivity index is 1.81. The Bertz CT molecular complexity index is 632. The van der Waals surface area contributed by atoms with Gasteiger partial charge in [-0.1, -0.05) is 40.2 Å². The number of hydrogen-bond donors (Lipinski definition) is 0. The molecule has 1 aromatic heterocycles. The molecule has 1 amide bonds. The van der Waals surface area contributed by atoms with Crippen LogP contribution in [-0.2, 0) is 0 Å². The first kappa shape index (κ1) is 13.6. The van der Waals surface area contributed by atoms with Crippen molar-refractivity contribution in [1.29, 1.82) is 0 Å². The Labute approximate surface area is 127 Å². The van der Waals surface area contributed by atoms with E-state index in [0.29, 0.717) is 16.4 Å². The van der Waals surface area contributed by atoms with E-state index < -0.39 is 0 Å². The molecule has 0 saturated heterocycles. The average Bonchev–Trinajstić information content (AvgIpc) is 2.44. The minimum absolute atomic E-state index is 0.0137. The zero-order chi connectivity index (χ0) is 14.1. The van der Waals surface area contributed by atoms with Crippen LogP contribution in [0.3, 0.4) is 0 Å². The third-order valence-corrected chi connectivity index (χ3v) is 4.68. The fourth-order valence-corrected chi connectivity index (χ4v) is 3.80. The Kier molecular flexibility index (Phi) is 3.74. The predicted molar refractivity (Wildman–Crippen MR) is 84.1 cm³/mol. The summed E-state index contributed by atoms with van der Waals surface area (Å²) in [6.07, 6.45) is 4.02. The highest BCUT2D eigenvalue weighted by molar-refractivity contribution is 9.09. The number of carbonyl (C=O) groups is 1. The van der Waals surface area contributed by atoms with Crippen LogP contribution >= 0.6 is 15.9 Å². The number of nitrogens with zero attached hydrogens (tertiary/aromatic N) is 2. The summed E-state index contributed by atoms with van der Waals surface area (Å²) in [5, 5.41) is 1.99. The molecule has 0 unspecified atom stereocenters. The molecular weight excluding hydrogens is 316 g/mol. The van der Waals surface area contributed by atoms with E-state index in [2.05, 4.69) is 20.9 Å². The van der Waals surface area contributed by atoms with E-state index in [9.17, 15) is 4.79 Å². The minimum atomic E-state index is 0.0137. The largest absolute Gasteiger partial charge is 0.340 e. The van der Waals surface area contributed by atoms with Gasteiger partial charge in [0.15, 0.2) is 0 Å². The molecular formula is C16H17BrN2O. The number of aromatic nitrogens is 1. The maximum absolute atomic E-state index is 12.6. The third-order valence-electron chi connectivity index (χ3n) is 3.93. The van der Waals surface area contributed by atoms with Gasteiger partial charge in [0.25, 0.3) is 5.91 Å². The van der Waals surface area contributed by atoms with Crippen LogP contribution in [0.4, 0.5) is 0 Å². The number of alkyl halides is 1. The lowest BCUT2D eigenvalue weighted by Crippen LogP contribution is -2.38. The van der Waals surface area contributed by atoms with Crippen molar-refractivity contribution in [3.8, 4) is 0 Å². The molecule has 3 rings (SSSR count). The molecule has 0 radical (unpaired) electrons. The van der Waals surface area contributed by atoms with Crippen LogP contribution in [0.25, 0.3) is 10.8 Å². The molecule has 3 nitrogen and oxygen atoms in total. The lowest BCUT2D eigenvalue weighted by molar-refractivity contribution is 0.0745. The zero-order valence-corrected chi connectivity index (χ0v) is 13.0. The summed E-state index contributed by atoms with van der Waals surface area (Å²) in [5.41, 5.74) is 0.556. The lowest BCUT2D eigenvalue weighted by atomic mass is 9.85. The van der Waals surface area contributed by atoms with Gasteiger partial charge in [0.2, 0.25) is 0 Å². The molecule has 20 heavy (non-hydrogen) atoms. The van der Waals surface area contributed by atoms with E-state index in [4.69, 9.17) is 0 Å². The molecule has 2 aromatic rings. The first-order valence-electron chi connectivity index (χ1n) is 6.88. The van der Waals surface area contributed by atoms with Gasteiger partial charge in [0.05, 0.1) is 0 Å². The second-order valence-electron chi connectivity index (χ2n) is 5.50. The van der Waals surface area contributed by atoms with Crippen molar-refractivity contribution in [2.24, 2.45) is 5.92 Å². The standard InChI is InChI=1S/C16H17BrN2O/c1-19(10-11-8-13(17)9-11)16(20)15-14-5-3-2-4-12(14)6-7-18-15/h2-7,11,13H,8-10H2,1H3. The minimum Gasteiger partial charge on any atom is -0.340 e. The van der Waals surface area contributed by atoms with Crippen LogP contribution in [0, 0.1) is 5.92 Å². The SMILES string of the molecule is CN(CC1CC(Br)C1)C(=O)c1nccc2ccccc12. The number of rotatable bonds is 3. The van der Waals surface area contributed by atoms with Crippen molar-refractivity contribution in [2.45, 2.75) is 17.7 Å². The third kappa shape index (κ3) is 2.57. The normalized spacial score (nSPS) is 21.5. The number of hydrogen-bond acceptors (Lipinski definition) is 2. The van der Waals surface area contributed by atoms with E-state index >= 15 is 0 Å². The Morgan fingerprint density at radius 3 is 2.85 bits per heavy atom. The maximum atomic E-state index is 12.6. The molecule has 104 valence electrons. The van der Waals surface area contributed by atoms with E-state index in [1.165, 1.54) is 0 Å². The summed E-state index contributed by atoms with van der Waals surface area (Å²) in [4.78, 5) is 19.3. The number of pyridine rings is 1. The Morgan fingerprint density at radius 2 is 2.10 bits per heavy atom. The molecule has 1 aliphatic rings. The molecule has 1 fully saturated rings. The smallest absolute Gasteiger partial charge is 0.272 e. The van der Waals surface area contributed by atoms with Crippen LogP contribution in [0.5, 0.6) is 0 Å². The molecule has 4 heteroatoms. The maximum Gasteiger partial charge on any atom is 0.272 e. The molecule has 0 atom stereocenters. The van der Waals surface area contributed by atoms with Crippen molar-refractivity contribution in [1.82, 2.24) is 9.88 Å². The van der Waals surface area contributed by atoms with Gasteiger partial charge in [0.1, 0.15) is 5.69 Å². The molecule has 1 aliphatic carbocycles. The number of amides is 1. The summed E-state index contributed by atoms with van der Waals surface area (Å²) in [6.45, 7) is 0.811. The highest BCUT2D eigenvalue weighted by Gasteiger charge is 2.29. The van der Waals surface area contributed by atoms with Gasteiger partial charge < -0.3 is 4.90 Å². The highest BCUT2D eigenvalue weighted by atomic mass is 79.9. The summed E-state index contributed by atoms with van der Waals surface area (Å²) < 4.78 is 0. The van der Waals surface area contributed by atoms with Crippen LogP contribution in [0.2, 0.25) is 0 Å². The summed E-state index contributed by atoms with van der Waals surface area (Å²) in [7, 11) is 1.87. The fourth-order valence-electron chi connectivity index (χ4n) is 2.74. The molecule has 0 spiro atoms. The van der Waals surface area contributed by atoms with E-state index in [-0.39, 0.29) is 5.91 Å². The van der Waals surface area contributed by atoms with Crippen molar-refractivity contribution in [3.63, 3.8) is 0 Å². The molecule has 0 N–H and O–H groups in total. The second-order valence-corrected chi connectivity index (χ2v) is 6.80. The zero-order valence-electron chi connectivity index (χ0n) is 11.4. The number of fused-ring (bicyclic) bond motifs is 1. The predicted octanol–water partition coefficient (Wildman–Crippen LogP) is 3.48. The van der Waals surface area contributed by atoms with Gasteiger partial charge in [-0.05, 0) is 30.2 Å². The second kappa shape index (κ2) is 5.52. The molecule has 1 aromatic carbocycles. The van der Waals surface area contributed by atoms with Crippen LogP contribution in [-0.4, -0.2) is 34.2 Å². The van der Waals surface area contributed by atoms with Crippen LogP contribution < -0.4 is 0 Å². The molecule has 1 saturated carbocycles. The lowest BCUT2D eigenvalue weighted by Gasteiger charge is -2.34. The van der Waals surface area contributed by atoms with Gasteiger partial charge in [-0.2, -0.15) is 0 Å². The van der Waals surface area contributed by atoms with Gasteiger partial charge in [-0.15, -0.1) is 0 Å². The van der Waals surface area contributed by atoms with Gasteiger partial charge in [0, 0.05) is 30.0 Å². The molecule has 1 heterocycles. The quantitative estimate of drug-likeness (QED) is 0.806. The topological polar surface area (TPSA) is 33.2 Å². The van der Waals surface area contributed by atoms with Crippen molar-refractivity contribution in [3.05, 3.63) is 42.2 Å². The average molecular weight is 333 g/mol. The highest BCUT2D eigenvalue weighted by Crippen LogP contribution is 2.33. The number of carbonyl (C=O) groups excluding carboxylic acids is 1. The van der Waals surface area contributed by atoms with Crippen molar-refractivity contribution in [2.75, 3.05) is 13.6 Å². The number of halogens is 1. The fraction of sp³-hybridized carbons (Fsp3) is 0.375. The van der Waals surface area contributed by atoms with Gasteiger partial charge >= 0.3 is 0 Å². The van der Waals surface area contributed by atoms with E-state index in [1.54, 1.807) is 11.1 Å². The first-order valence-corrected chi connectivity index (χ1v) is 7.80. The van der Waals surface area contributed by atoms with Crippen LogP contribution in [0.1, 0.15) is 23.3 Å². The molecule has 0 aliphatic heterocycles. The van der Waals surface area contributed by atoms with Crippen LogP contribution in [0.15, 0.2) is 36.5 Å². The van der Waals surface area contributed by atoms with Crippen molar-refractivity contribution < 1.29 is 4.79 Å². The van der Waals surface area contributed by atoms with E-state index in [0.717, 1.165) is 30.2 Å². The van der Waals surface area contributed by atoms with Gasteiger partial charge in [-0.25, -0.2) is 0 Å².